The third-order valence-corrected chi connectivity index (χ3v) is 1.78. The van der Waals surface area contributed by atoms with E-state index in [2.05, 4.69) is 0 Å². The second-order valence-electron chi connectivity index (χ2n) is 3.06. The molecule has 0 aromatic rings. The first-order valence-corrected chi connectivity index (χ1v) is 4.56. The predicted octanol–water partition coefficient (Wildman–Crippen LogP) is 0.0539. The van der Waals surface area contributed by atoms with E-state index >= 15 is 0 Å². The van der Waals surface area contributed by atoms with Crippen molar-refractivity contribution in [2.45, 2.75) is 44.9 Å². The van der Waals surface area contributed by atoms with Crippen molar-refractivity contribution in [3.8, 4) is 0 Å². The van der Waals surface area contributed by atoms with E-state index in [4.69, 9.17) is 10.2 Å². The molecule has 0 aliphatic carbocycles. The van der Waals surface area contributed by atoms with Gasteiger partial charge in [0, 0.05) is 12.8 Å². The van der Waals surface area contributed by atoms with Crippen molar-refractivity contribution in [3.05, 3.63) is 0 Å². The molecule has 15 heavy (non-hydrogen) atoms. The Morgan fingerprint density at radius 3 is 1.20 bits per heavy atom. The van der Waals surface area contributed by atoms with Gasteiger partial charge in [-0.2, -0.15) is 0 Å². The van der Waals surface area contributed by atoms with Crippen molar-refractivity contribution >= 4 is 87.4 Å². The molecule has 0 bridgehead atoms. The van der Waals surface area contributed by atoms with Gasteiger partial charge in [0.25, 0.3) is 0 Å². The average Bonchev–Trinajstić information content (AvgIpc) is 2.01. The summed E-state index contributed by atoms with van der Waals surface area (Å²) in [6.45, 7) is 0. The van der Waals surface area contributed by atoms with Gasteiger partial charge in [-0.15, -0.1) is 0 Å². The Labute approximate surface area is 150 Å². The molecule has 0 atom stereocenters. The fourth-order valence-electron chi connectivity index (χ4n) is 1.08. The third-order valence-electron chi connectivity index (χ3n) is 1.78. The zero-order chi connectivity index (χ0) is 10.1. The molecule has 4 nitrogen and oxygen atoms in total. The molecule has 0 spiro atoms. The number of hydrogen-bond acceptors (Lipinski definition) is 2. The Hall–Kier alpha value is 1.46. The summed E-state index contributed by atoms with van der Waals surface area (Å²) in [5.74, 6) is -1.52. The van der Waals surface area contributed by atoms with Gasteiger partial charge in [-0.05, 0) is 12.8 Å². The molecular weight excluding hydrogens is 252 g/mol. The molecule has 2 N–H and O–H groups in total. The van der Waals surface area contributed by atoms with E-state index in [1.165, 1.54) is 0 Å². The summed E-state index contributed by atoms with van der Waals surface area (Å²) in [6, 6.07) is 0. The zero-order valence-corrected chi connectivity index (χ0v) is 7.66. The third kappa shape index (κ3) is 21.3. The summed E-state index contributed by atoms with van der Waals surface area (Å²) >= 11 is 0. The molecule has 0 unspecified atom stereocenters. The molecule has 0 aromatic heterocycles. The van der Waals surface area contributed by atoms with Crippen LogP contribution in [0.5, 0.6) is 0 Å². The van der Waals surface area contributed by atoms with Crippen molar-refractivity contribution < 1.29 is 19.8 Å². The quantitative estimate of drug-likeness (QED) is 0.484. The fraction of sp³-hybridized carbons (Fsp3) is 0.778. The van der Waals surface area contributed by atoms with Crippen molar-refractivity contribution in [1.29, 1.82) is 0 Å². The number of aliphatic carboxylic acids is 2. The minimum atomic E-state index is -0.759. The van der Waals surface area contributed by atoms with Gasteiger partial charge in [0.05, 0.1) is 0 Å². The fourth-order valence-corrected chi connectivity index (χ4v) is 1.08. The van der Waals surface area contributed by atoms with Crippen LogP contribution in [0.15, 0.2) is 0 Å². The number of carboxylic acids is 2. The number of carboxylic acid groups (broad SMARTS) is 2. The van der Waals surface area contributed by atoms with Gasteiger partial charge in [-0.25, -0.2) is 0 Å². The topological polar surface area (TPSA) is 74.6 Å². The Morgan fingerprint density at radius 1 is 0.667 bits per heavy atom. The van der Waals surface area contributed by atoms with Crippen molar-refractivity contribution in [1.82, 2.24) is 0 Å². The summed E-state index contributed by atoms with van der Waals surface area (Å²) in [5.41, 5.74) is 0. The standard InChI is InChI=1S/C9H16O4.2Ca.4H/c10-8(11)6-4-2-1-3-5-7-9(12)13;;;;;;/h1-7H2,(H,10,11)(H,12,13);;;;;;. The maximum absolute atomic E-state index is 10.1. The van der Waals surface area contributed by atoms with Crippen LogP contribution in [-0.2, 0) is 9.59 Å². The molecule has 0 saturated carbocycles. The van der Waals surface area contributed by atoms with E-state index in [0.29, 0.717) is 12.8 Å². The van der Waals surface area contributed by atoms with Crippen molar-refractivity contribution in [2.75, 3.05) is 0 Å². The van der Waals surface area contributed by atoms with Crippen LogP contribution in [-0.4, -0.2) is 97.6 Å². The molecule has 84 valence electrons. The van der Waals surface area contributed by atoms with Crippen LogP contribution in [0.3, 0.4) is 0 Å². The van der Waals surface area contributed by atoms with Crippen molar-refractivity contribution in [3.63, 3.8) is 0 Å². The van der Waals surface area contributed by atoms with Crippen LogP contribution in [0, 0.1) is 0 Å². The molecule has 0 amide bonds. The molecule has 6 heteroatoms. The predicted molar refractivity (Wildman–Crippen MR) is 64.7 cm³/mol. The maximum atomic E-state index is 10.1. The molecule has 0 fully saturated rings. The summed E-state index contributed by atoms with van der Waals surface area (Å²) in [6.07, 6.45) is 4.53. The van der Waals surface area contributed by atoms with E-state index in [1.54, 1.807) is 0 Å². The van der Waals surface area contributed by atoms with Gasteiger partial charge >= 0.3 is 87.4 Å². The van der Waals surface area contributed by atoms with Gasteiger partial charge < -0.3 is 10.2 Å². The van der Waals surface area contributed by atoms with E-state index in [0.717, 1.165) is 19.3 Å². The minimum absolute atomic E-state index is 0. The molecule has 0 rings (SSSR count). The first kappa shape index (κ1) is 21.7. The van der Waals surface area contributed by atoms with Crippen LogP contribution in [0.1, 0.15) is 44.9 Å². The Morgan fingerprint density at radius 2 is 0.933 bits per heavy atom. The van der Waals surface area contributed by atoms with Gasteiger partial charge in [0.1, 0.15) is 0 Å². The average molecular weight is 272 g/mol. The van der Waals surface area contributed by atoms with Crippen LogP contribution in [0.4, 0.5) is 0 Å². The van der Waals surface area contributed by atoms with E-state index in [-0.39, 0.29) is 88.3 Å². The van der Waals surface area contributed by atoms with Crippen LogP contribution < -0.4 is 0 Å². The van der Waals surface area contributed by atoms with E-state index < -0.39 is 11.9 Å². The van der Waals surface area contributed by atoms with Crippen LogP contribution >= 0.6 is 0 Å². The van der Waals surface area contributed by atoms with Gasteiger partial charge in [-0.3, -0.25) is 9.59 Å². The number of hydrogen-bond donors (Lipinski definition) is 2. The number of unbranched alkanes of at least 4 members (excludes halogenated alkanes) is 4. The molecule has 0 aliphatic rings. The molecule has 0 heterocycles. The molecule has 0 saturated heterocycles. The van der Waals surface area contributed by atoms with Gasteiger partial charge in [0.2, 0.25) is 0 Å². The normalized spacial score (nSPS) is 8.53. The Kier molecular flexibility index (Phi) is 22.4. The Balaban J connectivity index is -0.000000720. The van der Waals surface area contributed by atoms with Crippen LogP contribution in [0.2, 0.25) is 0 Å². The second kappa shape index (κ2) is 15.5. The number of rotatable bonds is 8. The first-order chi connectivity index (χ1) is 6.13. The van der Waals surface area contributed by atoms with Gasteiger partial charge in [-0.1, -0.05) is 19.3 Å². The summed E-state index contributed by atoms with van der Waals surface area (Å²) in [7, 11) is 0. The molecule has 0 aromatic carbocycles. The zero-order valence-electron chi connectivity index (χ0n) is 7.66. The van der Waals surface area contributed by atoms with Crippen molar-refractivity contribution in [2.24, 2.45) is 0 Å². The second-order valence-corrected chi connectivity index (χ2v) is 3.06. The monoisotopic (exact) mass is 272 g/mol. The summed E-state index contributed by atoms with van der Waals surface area (Å²) in [5, 5.41) is 16.6. The van der Waals surface area contributed by atoms with E-state index in [1.807, 2.05) is 0 Å². The summed E-state index contributed by atoms with van der Waals surface area (Å²) in [4.78, 5) is 20.2. The molecule has 0 aliphatic heterocycles. The van der Waals surface area contributed by atoms with Crippen LogP contribution in [0.25, 0.3) is 0 Å². The SMILES string of the molecule is O=C(O)CCCCCCCC(=O)O.[CaH2].[CaH2]. The van der Waals surface area contributed by atoms with E-state index in [9.17, 15) is 9.59 Å². The first-order valence-electron chi connectivity index (χ1n) is 4.56. The molecular formula is C9H20Ca2O4. The molecule has 0 radical (unpaired) electrons. The summed E-state index contributed by atoms with van der Waals surface area (Å²) < 4.78 is 0. The Bertz CT molecular complexity index is 155. The number of carbonyl (C=O) groups is 2. The van der Waals surface area contributed by atoms with Gasteiger partial charge in [0.15, 0.2) is 0 Å².